The van der Waals surface area contributed by atoms with Gasteiger partial charge in [-0.3, -0.25) is 0 Å². The Morgan fingerprint density at radius 2 is 2.00 bits per heavy atom. The van der Waals surface area contributed by atoms with Crippen molar-refractivity contribution < 1.29 is 14.6 Å². The van der Waals surface area contributed by atoms with Gasteiger partial charge in [-0.15, -0.1) is 0 Å². The third-order valence-electron chi connectivity index (χ3n) is 2.19. The van der Waals surface area contributed by atoms with E-state index >= 15 is 0 Å². The van der Waals surface area contributed by atoms with Crippen molar-refractivity contribution in [1.82, 2.24) is 0 Å². The zero-order chi connectivity index (χ0) is 12.7. The summed E-state index contributed by atoms with van der Waals surface area (Å²) < 4.78 is 0. The van der Waals surface area contributed by atoms with Crippen molar-refractivity contribution in [3.63, 3.8) is 0 Å². The van der Waals surface area contributed by atoms with Gasteiger partial charge in [0.25, 0.3) is 0 Å². The first-order valence-corrected chi connectivity index (χ1v) is 5.14. The topological polar surface area (TPSA) is 35.5 Å². The van der Waals surface area contributed by atoms with Crippen LogP contribution in [0.2, 0.25) is 0 Å². The molecule has 0 atom stereocenters. The molecule has 1 rings (SSSR count). The van der Waals surface area contributed by atoms with E-state index in [9.17, 15) is 4.79 Å². The fourth-order valence-corrected chi connectivity index (χ4v) is 1.17. The van der Waals surface area contributed by atoms with Crippen LogP contribution in [0.25, 0.3) is 0 Å². The molecular weight excluding hydrogens is 216 g/mol. The lowest BCUT2D eigenvalue weighted by atomic mass is 9.86. The molecule has 0 bridgehead atoms. The van der Waals surface area contributed by atoms with E-state index in [1.807, 2.05) is 44.2 Å². The lowest BCUT2D eigenvalue weighted by Crippen LogP contribution is -2.14. The summed E-state index contributed by atoms with van der Waals surface area (Å²) in [7, 11) is 0. The molecule has 3 heteroatoms. The van der Waals surface area contributed by atoms with Crippen LogP contribution in [-0.2, 0) is 20.0 Å². The molecule has 0 aromatic heterocycles. The molecule has 0 aliphatic rings. The van der Waals surface area contributed by atoms with Crippen LogP contribution in [-0.4, -0.2) is 5.97 Å². The van der Waals surface area contributed by atoms with E-state index in [4.69, 9.17) is 0 Å². The number of rotatable bonds is 3. The molecule has 88 valence electrons. The van der Waals surface area contributed by atoms with Crippen LogP contribution in [0.5, 0.6) is 0 Å². The number of carbonyl (C=O) groups excluding carboxylic acids is 1. The zero-order valence-corrected chi connectivity index (χ0v) is 9.90. The van der Waals surface area contributed by atoms with Crippen LogP contribution in [0, 0.1) is 12.0 Å². The van der Waals surface area contributed by atoms with E-state index in [2.05, 4.69) is 28.4 Å². The fourth-order valence-electron chi connectivity index (χ4n) is 1.17. The van der Waals surface area contributed by atoms with Crippen LogP contribution < -0.4 is 0 Å². The van der Waals surface area contributed by atoms with Crippen molar-refractivity contribution in [2.45, 2.75) is 19.3 Å². The molecule has 3 nitrogen and oxygen atoms in total. The second kappa shape index (κ2) is 5.76. The smallest absolute Gasteiger partial charge is 0.242 e. The number of benzene rings is 1. The van der Waals surface area contributed by atoms with E-state index in [1.165, 1.54) is 0 Å². The van der Waals surface area contributed by atoms with Gasteiger partial charge in [-0.2, -0.15) is 0 Å². The average molecular weight is 230 g/mol. The van der Waals surface area contributed by atoms with Gasteiger partial charge in [0.05, 0.1) is 5.41 Å². The SMILES string of the molecule is C=CC(=O)OOC#CC(C)(C)c1ccccc1. The number of carbonyl (C=O) groups is 1. The van der Waals surface area contributed by atoms with Gasteiger partial charge in [-0.1, -0.05) is 36.9 Å². The Labute approximate surface area is 101 Å². The molecule has 0 unspecified atom stereocenters. The Hall–Kier alpha value is -2.21. The molecule has 1 aromatic carbocycles. The molecule has 0 saturated carbocycles. The van der Waals surface area contributed by atoms with Crippen molar-refractivity contribution >= 4 is 5.97 Å². The van der Waals surface area contributed by atoms with Gasteiger partial charge in [-0.25, -0.2) is 14.6 Å². The maximum Gasteiger partial charge on any atom is 0.379 e. The van der Waals surface area contributed by atoms with Crippen molar-refractivity contribution in [2.75, 3.05) is 0 Å². The van der Waals surface area contributed by atoms with Crippen LogP contribution >= 0.6 is 0 Å². The lowest BCUT2D eigenvalue weighted by Gasteiger charge is -2.16. The highest BCUT2D eigenvalue weighted by Crippen LogP contribution is 2.21. The predicted octanol–water partition coefficient (Wildman–Crippen LogP) is 2.59. The molecule has 0 N–H and O–H groups in total. The molecule has 0 saturated heterocycles. The van der Waals surface area contributed by atoms with Crippen LogP contribution in [0.4, 0.5) is 0 Å². The molecule has 0 radical (unpaired) electrons. The molecule has 17 heavy (non-hydrogen) atoms. The quantitative estimate of drug-likeness (QED) is 0.346. The van der Waals surface area contributed by atoms with Crippen molar-refractivity contribution in [1.29, 1.82) is 0 Å². The molecule has 0 aliphatic heterocycles. The minimum atomic E-state index is -0.670. The maximum absolute atomic E-state index is 10.7. The van der Waals surface area contributed by atoms with Crippen LogP contribution in [0.1, 0.15) is 19.4 Å². The largest absolute Gasteiger partial charge is 0.379 e. The second-order valence-corrected chi connectivity index (χ2v) is 3.91. The van der Waals surface area contributed by atoms with Gasteiger partial charge in [0.2, 0.25) is 0 Å². The van der Waals surface area contributed by atoms with Crippen molar-refractivity contribution in [2.24, 2.45) is 0 Å². The third-order valence-corrected chi connectivity index (χ3v) is 2.19. The number of hydrogen-bond acceptors (Lipinski definition) is 3. The maximum atomic E-state index is 10.7. The highest BCUT2D eigenvalue weighted by molar-refractivity contribution is 5.80. The van der Waals surface area contributed by atoms with Gasteiger partial charge in [0, 0.05) is 6.08 Å². The highest BCUT2D eigenvalue weighted by atomic mass is 17.2. The summed E-state index contributed by atoms with van der Waals surface area (Å²) in [5, 5.41) is 0. The van der Waals surface area contributed by atoms with E-state index in [1.54, 1.807) is 0 Å². The predicted molar refractivity (Wildman–Crippen MR) is 64.6 cm³/mol. The molecule has 0 heterocycles. The normalized spacial score (nSPS) is 9.76. The van der Waals surface area contributed by atoms with Gasteiger partial charge in [0.15, 0.2) is 6.11 Å². The Morgan fingerprint density at radius 3 is 2.59 bits per heavy atom. The van der Waals surface area contributed by atoms with E-state index in [0.717, 1.165) is 11.6 Å². The molecule has 1 aromatic rings. The molecule has 0 amide bonds. The Kier molecular flexibility index (Phi) is 4.36. The summed E-state index contributed by atoms with van der Waals surface area (Å²) >= 11 is 0. The Bertz CT molecular complexity index is 449. The monoisotopic (exact) mass is 230 g/mol. The van der Waals surface area contributed by atoms with Crippen molar-refractivity contribution in [3.05, 3.63) is 48.6 Å². The highest BCUT2D eigenvalue weighted by Gasteiger charge is 2.17. The third kappa shape index (κ3) is 4.04. The summed E-state index contributed by atoms with van der Waals surface area (Å²) in [6.45, 7) is 7.14. The van der Waals surface area contributed by atoms with E-state index in [-0.39, 0.29) is 5.41 Å². The van der Waals surface area contributed by atoms with Gasteiger partial charge in [0.1, 0.15) is 0 Å². The average Bonchev–Trinajstić information content (AvgIpc) is 2.35. The van der Waals surface area contributed by atoms with Crippen LogP contribution in [0.15, 0.2) is 43.0 Å². The molecule has 0 spiro atoms. The van der Waals surface area contributed by atoms with E-state index < -0.39 is 5.97 Å². The first kappa shape index (κ1) is 12.9. The zero-order valence-electron chi connectivity index (χ0n) is 9.90. The summed E-state index contributed by atoms with van der Waals surface area (Å²) in [5.74, 6) is 2.20. The summed E-state index contributed by atoms with van der Waals surface area (Å²) in [6, 6.07) is 9.78. The Morgan fingerprint density at radius 1 is 1.35 bits per heavy atom. The minimum Gasteiger partial charge on any atom is -0.242 e. The second-order valence-electron chi connectivity index (χ2n) is 3.91. The molecule has 0 fully saturated rings. The first-order valence-electron chi connectivity index (χ1n) is 5.14. The molecule has 0 aliphatic carbocycles. The Balaban J connectivity index is 2.64. The van der Waals surface area contributed by atoms with Gasteiger partial charge in [-0.05, 0) is 25.3 Å². The number of hydrogen-bond donors (Lipinski definition) is 0. The summed E-state index contributed by atoms with van der Waals surface area (Å²) in [5.41, 5.74) is 0.688. The van der Waals surface area contributed by atoms with Crippen LogP contribution in [0.3, 0.4) is 0 Å². The van der Waals surface area contributed by atoms with Gasteiger partial charge >= 0.3 is 5.97 Å². The van der Waals surface area contributed by atoms with Gasteiger partial charge < -0.3 is 0 Å². The first-order chi connectivity index (χ1) is 8.06. The summed E-state index contributed by atoms with van der Waals surface area (Å²) in [4.78, 5) is 19.4. The fraction of sp³-hybridized carbons (Fsp3) is 0.214. The minimum absolute atomic E-state index is 0.373. The molecular formula is C14H14O3. The van der Waals surface area contributed by atoms with E-state index in [0.29, 0.717) is 0 Å². The standard InChI is InChI=1S/C14H14O3/c1-4-13(15)17-16-11-10-14(2,3)12-8-6-5-7-9-12/h4-9H,1H2,2-3H3. The lowest BCUT2D eigenvalue weighted by molar-refractivity contribution is -0.224. The van der Waals surface area contributed by atoms with Crippen molar-refractivity contribution in [3.8, 4) is 12.0 Å². The summed E-state index contributed by atoms with van der Waals surface area (Å²) in [6.07, 6.45) is 3.35.